The number of benzene rings is 1. The highest BCUT2D eigenvalue weighted by molar-refractivity contribution is 6.01. The Balaban J connectivity index is 2.71. The molecule has 23 heavy (non-hydrogen) atoms. The van der Waals surface area contributed by atoms with Gasteiger partial charge in [0.15, 0.2) is 0 Å². The summed E-state index contributed by atoms with van der Waals surface area (Å²) in [5.74, 6) is -2.81. The second-order valence-corrected chi connectivity index (χ2v) is 5.52. The van der Waals surface area contributed by atoms with Gasteiger partial charge >= 0.3 is 5.97 Å². The predicted octanol–water partition coefficient (Wildman–Crippen LogP) is 1.60. The molecule has 0 fully saturated rings. The van der Waals surface area contributed by atoms with E-state index in [1.165, 1.54) is 0 Å². The Bertz CT molecular complexity index is 568. The van der Waals surface area contributed by atoms with Crippen molar-refractivity contribution in [1.29, 1.82) is 0 Å². The molecule has 0 radical (unpaired) electrons. The van der Waals surface area contributed by atoms with E-state index in [1.54, 1.807) is 45.0 Å². The van der Waals surface area contributed by atoms with Gasteiger partial charge in [-0.3, -0.25) is 4.79 Å². The molecule has 1 atom stereocenters. The molecular formula is C17H22NO5-. The number of nitrogens with one attached hydrogen (secondary N) is 1. The summed E-state index contributed by atoms with van der Waals surface area (Å²) in [6.45, 7) is 5.48. The first-order valence-corrected chi connectivity index (χ1v) is 7.63. The third-order valence-corrected chi connectivity index (χ3v) is 3.49. The zero-order valence-electron chi connectivity index (χ0n) is 13.6. The van der Waals surface area contributed by atoms with E-state index < -0.39 is 17.9 Å². The topological polar surface area (TPSA) is 95.5 Å². The van der Waals surface area contributed by atoms with E-state index in [0.29, 0.717) is 5.69 Å². The molecule has 0 aliphatic carbocycles. The highest BCUT2D eigenvalue weighted by Crippen LogP contribution is 2.19. The van der Waals surface area contributed by atoms with Crippen molar-refractivity contribution in [2.75, 3.05) is 11.9 Å². The second-order valence-electron chi connectivity index (χ2n) is 5.52. The largest absolute Gasteiger partial charge is 0.550 e. The van der Waals surface area contributed by atoms with Gasteiger partial charge in [-0.2, -0.15) is 0 Å². The van der Waals surface area contributed by atoms with Crippen LogP contribution < -0.4 is 10.4 Å². The fourth-order valence-electron chi connectivity index (χ4n) is 2.20. The van der Waals surface area contributed by atoms with Crippen LogP contribution in [0.25, 0.3) is 0 Å². The number of amides is 1. The lowest BCUT2D eigenvalue weighted by Gasteiger charge is -2.21. The number of esters is 1. The van der Waals surface area contributed by atoms with Crippen LogP contribution in [0.5, 0.6) is 0 Å². The number of carboxylic acid groups (broad SMARTS) is 1. The Morgan fingerprint density at radius 1 is 1.22 bits per heavy atom. The molecule has 0 saturated carbocycles. The first-order chi connectivity index (χ1) is 10.9. The van der Waals surface area contributed by atoms with E-state index in [4.69, 9.17) is 4.74 Å². The summed E-state index contributed by atoms with van der Waals surface area (Å²) >= 11 is 0. The minimum absolute atomic E-state index is 0.0357. The number of hydrogen-bond donors (Lipinski definition) is 1. The Kier molecular flexibility index (Phi) is 7.25. The van der Waals surface area contributed by atoms with Crippen LogP contribution in [0.4, 0.5) is 5.69 Å². The minimum Gasteiger partial charge on any atom is -0.550 e. The predicted molar refractivity (Wildman–Crippen MR) is 83.6 cm³/mol. The molecule has 0 spiro atoms. The molecule has 6 heteroatoms. The average molecular weight is 320 g/mol. The Morgan fingerprint density at radius 3 is 2.43 bits per heavy atom. The van der Waals surface area contributed by atoms with Gasteiger partial charge in [-0.25, -0.2) is 4.79 Å². The van der Waals surface area contributed by atoms with Crippen LogP contribution in [0.1, 0.15) is 44.0 Å². The van der Waals surface area contributed by atoms with Crippen LogP contribution in [-0.2, 0) is 14.3 Å². The van der Waals surface area contributed by atoms with Crippen molar-refractivity contribution in [2.45, 2.75) is 33.6 Å². The first kappa shape index (κ1) is 18.7. The SMILES string of the molecule is CCOC(=O)c1ccccc1NC(=O)CC[C@H](C(=O)[O-])C(C)C. The minimum atomic E-state index is -1.15. The first-order valence-electron chi connectivity index (χ1n) is 7.63. The number of aliphatic carboxylic acids is 1. The number of hydrogen-bond acceptors (Lipinski definition) is 5. The van der Waals surface area contributed by atoms with Gasteiger partial charge in [0.2, 0.25) is 5.91 Å². The van der Waals surface area contributed by atoms with Crippen molar-refractivity contribution in [3.63, 3.8) is 0 Å². The van der Waals surface area contributed by atoms with Crippen LogP contribution >= 0.6 is 0 Å². The van der Waals surface area contributed by atoms with Crippen LogP contribution in [0.3, 0.4) is 0 Å². The fourth-order valence-corrected chi connectivity index (χ4v) is 2.20. The third kappa shape index (κ3) is 5.73. The van der Waals surface area contributed by atoms with Crippen molar-refractivity contribution >= 4 is 23.5 Å². The molecule has 126 valence electrons. The van der Waals surface area contributed by atoms with Crippen LogP contribution in [0.2, 0.25) is 0 Å². The normalized spacial score (nSPS) is 11.8. The smallest absolute Gasteiger partial charge is 0.340 e. The number of para-hydroxylation sites is 1. The number of rotatable bonds is 8. The van der Waals surface area contributed by atoms with E-state index in [1.807, 2.05) is 0 Å². The zero-order valence-corrected chi connectivity index (χ0v) is 13.6. The maximum Gasteiger partial charge on any atom is 0.340 e. The van der Waals surface area contributed by atoms with E-state index in [-0.39, 0.29) is 36.8 Å². The molecule has 1 rings (SSSR count). The summed E-state index contributed by atoms with van der Waals surface area (Å²) in [5.41, 5.74) is 0.619. The molecule has 0 bridgehead atoms. The highest BCUT2D eigenvalue weighted by Gasteiger charge is 2.18. The highest BCUT2D eigenvalue weighted by atomic mass is 16.5. The molecule has 1 N–H and O–H groups in total. The number of anilines is 1. The molecule has 0 unspecified atom stereocenters. The molecule has 0 aliphatic rings. The van der Waals surface area contributed by atoms with Gasteiger partial charge in [0.05, 0.1) is 17.9 Å². The molecule has 6 nitrogen and oxygen atoms in total. The molecule has 0 aromatic heterocycles. The molecule has 1 aromatic carbocycles. The Morgan fingerprint density at radius 2 is 1.87 bits per heavy atom. The van der Waals surface area contributed by atoms with E-state index in [0.717, 1.165) is 0 Å². The average Bonchev–Trinajstić information content (AvgIpc) is 2.47. The second kappa shape index (κ2) is 8.92. The Hall–Kier alpha value is -2.37. The maximum atomic E-state index is 12.0. The lowest BCUT2D eigenvalue weighted by molar-refractivity contribution is -0.313. The van der Waals surface area contributed by atoms with Crippen molar-refractivity contribution in [3.8, 4) is 0 Å². The number of carbonyl (C=O) groups is 3. The summed E-state index contributed by atoms with van der Waals surface area (Å²) in [5, 5.41) is 13.7. The summed E-state index contributed by atoms with van der Waals surface area (Å²) in [7, 11) is 0. The molecule has 1 aromatic rings. The quantitative estimate of drug-likeness (QED) is 0.734. The van der Waals surface area contributed by atoms with E-state index >= 15 is 0 Å². The fraction of sp³-hybridized carbons (Fsp3) is 0.471. The van der Waals surface area contributed by atoms with Gasteiger partial charge in [0, 0.05) is 18.3 Å². The molecular weight excluding hydrogens is 298 g/mol. The number of carboxylic acids is 1. The summed E-state index contributed by atoms with van der Waals surface area (Å²) in [6.07, 6.45) is 0.224. The molecule has 0 aliphatic heterocycles. The lowest BCUT2D eigenvalue weighted by atomic mass is 9.91. The van der Waals surface area contributed by atoms with Crippen LogP contribution in [0, 0.1) is 11.8 Å². The van der Waals surface area contributed by atoms with E-state index in [2.05, 4.69) is 5.32 Å². The van der Waals surface area contributed by atoms with Gasteiger partial charge in [-0.15, -0.1) is 0 Å². The summed E-state index contributed by atoms with van der Waals surface area (Å²) in [6, 6.07) is 6.53. The molecule has 1 amide bonds. The lowest BCUT2D eigenvalue weighted by Crippen LogP contribution is -2.35. The monoisotopic (exact) mass is 320 g/mol. The maximum absolute atomic E-state index is 12.0. The third-order valence-electron chi connectivity index (χ3n) is 3.49. The molecule has 0 heterocycles. The van der Waals surface area contributed by atoms with Crippen molar-refractivity contribution in [3.05, 3.63) is 29.8 Å². The molecule has 0 saturated heterocycles. The number of carbonyl (C=O) groups excluding carboxylic acids is 3. The van der Waals surface area contributed by atoms with Gasteiger partial charge in [0.25, 0.3) is 0 Å². The zero-order chi connectivity index (χ0) is 17.4. The summed E-state index contributed by atoms with van der Waals surface area (Å²) in [4.78, 5) is 34.9. The van der Waals surface area contributed by atoms with Gasteiger partial charge in [-0.05, 0) is 31.4 Å². The van der Waals surface area contributed by atoms with Gasteiger partial charge in [0.1, 0.15) is 0 Å². The Labute approximate surface area is 135 Å². The summed E-state index contributed by atoms with van der Waals surface area (Å²) < 4.78 is 4.94. The van der Waals surface area contributed by atoms with Crippen LogP contribution in [-0.4, -0.2) is 24.5 Å². The van der Waals surface area contributed by atoms with E-state index in [9.17, 15) is 19.5 Å². The number of ether oxygens (including phenoxy) is 1. The standard InChI is InChI=1S/C17H23NO5/c1-4-23-17(22)13-7-5-6-8-14(13)18-15(19)10-9-12(11(2)3)16(20)21/h5-8,11-12H,4,9-10H2,1-3H3,(H,18,19)(H,20,21)/p-1/t12-/m0/s1. The van der Waals surface area contributed by atoms with Crippen molar-refractivity contribution in [2.24, 2.45) is 11.8 Å². The van der Waals surface area contributed by atoms with Gasteiger partial charge in [-0.1, -0.05) is 26.0 Å². The van der Waals surface area contributed by atoms with Crippen molar-refractivity contribution in [1.82, 2.24) is 0 Å². The van der Waals surface area contributed by atoms with Crippen LogP contribution in [0.15, 0.2) is 24.3 Å². The van der Waals surface area contributed by atoms with Crippen molar-refractivity contribution < 1.29 is 24.2 Å². The van der Waals surface area contributed by atoms with Gasteiger partial charge < -0.3 is 20.0 Å².